The summed E-state index contributed by atoms with van der Waals surface area (Å²) in [5.41, 5.74) is 6.91. The van der Waals surface area contributed by atoms with Crippen molar-refractivity contribution in [2.24, 2.45) is 37.4 Å². The van der Waals surface area contributed by atoms with Gasteiger partial charge < -0.3 is 0 Å². The van der Waals surface area contributed by atoms with Crippen LogP contribution in [0.15, 0.2) is 142 Å². The molecule has 9 aromatic rings. The Hall–Kier alpha value is -9.54. The molecule has 27 nitrogen and oxygen atoms in total. The molecule has 0 saturated carbocycles. The lowest BCUT2D eigenvalue weighted by Crippen LogP contribution is -2.52. The maximum atomic E-state index is 13.3. The van der Waals surface area contributed by atoms with E-state index in [0.29, 0.717) is 55.6 Å². The summed E-state index contributed by atoms with van der Waals surface area (Å²) < 4.78 is 131. The van der Waals surface area contributed by atoms with E-state index in [0.717, 1.165) is 50.5 Å². The molecule has 0 bridgehead atoms. The van der Waals surface area contributed by atoms with E-state index < -0.39 is 46.3 Å². The predicted molar refractivity (Wildman–Crippen MR) is 338 cm³/mol. The lowest BCUT2D eigenvalue weighted by molar-refractivity contribution is -0.126. The minimum absolute atomic E-state index is 0.00994. The van der Waals surface area contributed by atoms with E-state index in [1.165, 1.54) is 110 Å². The Morgan fingerprint density at radius 1 is 0.458 bits per heavy atom. The third-order valence-corrected chi connectivity index (χ3v) is 24.3. The number of sulfonamides is 3. The van der Waals surface area contributed by atoms with Crippen LogP contribution in [0.3, 0.4) is 0 Å². The summed E-state index contributed by atoms with van der Waals surface area (Å²) in [6, 6.07) is 18.1. The minimum atomic E-state index is -3.88. The van der Waals surface area contributed by atoms with Gasteiger partial charge in [-0.05, 0) is 167 Å². The normalized spacial score (nSPS) is 21.0. The van der Waals surface area contributed by atoms with Crippen LogP contribution in [0.2, 0.25) is 0 Å². The summed E-state index contributed by atoms with van der Waals surface area (Å²) in [5, 5.41) is 35.8. The number of hydrogen-bond acceptors (Lipinski definition) is 18. The number of carbonyl (C=O) groups is 3. The van der Waals surface area contributed by atoms with E-state index in [1.54, 1.807) is 83.1 Å². The van der Waals surface area contributed by atoms with Crippen molar-refractivity contribution >= 4 is 65.6 Å². The van der Waals surface area contributed by atoms with Crippen molar-refractivity contribution in [1.82, 2.24) is 87.2 Å². The molecule has 6 aromatic heterocycles. The highest BCUT2D eigenvalue weighted by Gasteiger charge is 2.53. The maximum Gasteiger partial charge on any atom is 0.264 e. The molecule has 0 radical (unpaired) electrons. The van der Waals surface area contributed by atoms with Crippen LogP contribution in [0.25, 0.3) is 35.3 Å². The van der Waals surface area contributed by atoms with E-state index in [-0.39, 0.29) is 89.1 Å². The van der Waals surface area contributed by atoms with Crippen LogP contribution in [0, 0.1) is 33.7 Å². The summed E-state index contributed by atoms with van der Waals surface area (Å²) in [5.74, 6) is -1.28. The summed E-state index contributed by atoms with van der Waals surface area (Å²) in [6.45, 7) is 5.34. The highest BCUT2D eigenvalue weighted by molar-refractivity contribution is 7.89. The van der Waals surface area contributed by atoms with E-state index >= 15 is 0 Å². The highest BCUT2D eigenvalue weighted by atomic mass is 32.2. The van der Waals surface area contributed by atoms with Crippen LogP contribution in [0.5, 0.6) is 0 Å². The molecule has 0 spiro atoms. The zero-order valence-electron chi connectivity index (χ0n) is 52.7. The zero-order valence-corrected chi connectivity index (χ0v) is 55.1. The van der Waals surface area contributed by atoms with Gasteiger partial charge >= 0.3 is 0 Å². The average molecular weight is 1370 g/mol. The summed E-state index contributed by atoms with van der Waals surface area (Å²) in [7, 11) is -6.94. The van der Waals surface area contributed by atoms with Gasteiger partial charge in [-0.2, -0.15) is 38.1 Å². The van der Waals surface area contributed by atoms with E-state index in [9.17, 15) is 52.8 Å². The molecule has 0 amide bonds. The number of fused-ring (bicyclic) bond motifs is 6. The Labute approximate surface area is 548 Å². The number of nitrogens with zero attached hydrogens (tertiary/aromatic N) is 18. The molecule has 3 aliphatic heterocycles. The second-order valence-electron chi connectivity index (χ2n) is 24.6. The van der Waals surface area contributed by atoms with Crippen molar-refractivity contribution in [3.8, 4) is 17.1 Å². The molecule has 6 aliphatic rings. The summed E-state index contributed by atoms with van der Waals surface area (Å²) in [4.78, 5) is 40.0. The molecule has 3 atom stereocenters. The fourth-order valence-electron chi connectivity index (χ4n) is 13.7. The number of carbonyl (C=O) groups excluding carboxylic acids is 3. The molecule has 3 aromatic carbocycles. The number of ketones is 3. The number of aromatic nitrogens is 15. The zero-order chi connectivity index (χ0) is 68.0. The average Bonchev–Trinajstić information content (AvgIpc) is 1.37. The van der Waals surface area contributed by atoms with Gasteiger partial charge in [-0.25, -0.2) is 57.2 Å². The predicted octanol–water partition coefficient (Wildman–Crippen LogP) is 5.25. The Kier molecular flexibility index (Phi) is 16.5. The second kappa shape index (κ2) is 24.3. The Morgan fingerprint density at radius 2 is 0.823 bits per heavy atom. The first-order valence-corrected chi connectivity index (χ1v) is 34.7. The van der Waals surface area contributed by atoms with E-state index in [4.69, 9.17) is 0 Å². The number of aryl methyl sites for hydroxylation is 3. The summed E-state index contributed by atoms with van der Waals surface area (Å²) in [6.07, 6.45) is 16.9. The number of halogens is 3. The SMILES string of the molecule is CC(=O)[C@]12Cc3cnn(-c4ccc(F)cc4)c3C=C1CCN(S(=O)(=O)c1cn(C)nn1)C2.CC(=O)[C@]12Cc3cnn(-c4ccc(F)cc4)c3C=C1CCN(S(=O)(=O)c1cnn(C)n1)C2.CC(=O)[C@]12Cc3cnn(-c4ccc(F)cc4)c3C=C1CCN(S(=O)(=O)c1cnnn1C)C2. The van der Waals surface area contributed by atoms with Crippen molar-refractivity contribution in [1.29, 1.82) is 0 Å². The van der Waals surface area contributed by atoms with Crippen molar-refractivity contribution in [3.63, 3.8) is 0 Å². The van der Waals surface area contributed by atoms with Crippen molar-refractivity contribution in [2.45, 2.75) is 74.4 Å². The number of rotatable bonds is 12. The standard InChI is InChI=1S/3C21H21FN6O3S/c1-14(29)21-10-15-11-24-28(18-5-3-17(22)4-6-18)19(15)9-16(21)7-8-27(13-21)32(30,31)20-12-23-25-26(20)2;1-14(29)21-10-15-11-24-28(18-5-3-17(22)4-6-18)19(15)9-16(21)7-8-27(13-21)32(30,31)20-12-23-26(2)25-20;1-14(29)21-10-15-11-23-28(18-5-3-17(22)4-6-18)19(15)9-16(21)7-8-27(13-21)32(30,31)20-12-26(2)25-24-20/h3*3-6,9,11-12H,7-8,10,13H2,1-2H3/t3*21-/m111/s1. The number of hydrogen-bond donors (Lipinski definition) is 0. The van der Waals surface area contributed by atoms with Gasteiger partial charge in [0.25, 0.3) is 30.1 Å². The molecule has 0 N–H and O–H groups in total. The van der Waals surface area contributed by atoms with Gasteiger partial charge in [0.05, 0.1) is 87.6 Å². The van der Waals surface area contributed by atoms with Crippen LogP contribution >= 0.6 is 0 Å². The quantitative estimate of drug-likeness (QED) is 0.151. The third kappa shape index (κ3) is 11.3. The molecule has 96 heavy (non-hydrogen) atoms. The van der Waals surface area contributed by atoms with Gasteiger partial charge in [-0.15, -0.1) is 15.3 Å². The van der Waals surface area contributed by atoms with Crippen LogP contribution < -0.4 is 0 Å². The van der Waals surface area contributed by atoms with Crippen LogP contribution in [0.1, 0.15) is 73.8 Å². The Balaban J connectivity index is 0.000000130. The van der Waals surface area contributed by atoms with E-state index in [2.05, 4.69) is 46.1 Å². The fourth-order valence-corrected chi connectivity index (χ4v) is 18.1. The van der Waals surface area contributed by atoms with Gasteiger partial charge in [0, 0.05) is 60.4 Å². The van der Waals surface area contributed by atoms with Gasteiger partial charge in [-0.1, -0.05) is 27.1 Å². The monoisotopic (exact) mass is 1370 g/mol. The minimum Gasteiger partial charge on any atom is -0.299 e. The van der Waals surface area contributed by atoms with Crippen molar-refractivity contribution in [2.75, 3.05) is 39.3 Å². The van der Waals surface area contributed by atoms with Crippen LogP contribution in [0.4, 0.5) is 13.2 Å². The number of piperidine rings is 3. The van der Waals surface area contributed by atoms with Gasteiger partial charge in [0.15, 0.2) is 5.03 Å². The summed E-state index contributed by atoms with van der Waals surface area (Å²) >= 11 is 0. The number of Topliss-reactive ketones (excluding diaryl/α,β-unsaturated/α-hetero) is 3. The van der Waals surface area contributed by atoms with Crippen LogP contribution in [-0.2, 0) is 84.9 Å². The van der Waals surface area contributed by atoms with Crippen molar-refractivity contribution < 1.29 is 52.8 Å². The third-order valence-electron chi connectivity index (χ3n) is 19.0. The fraction of sp³-hybridized carbons (Fsp3) is 0.333. The van der Waals surface area contributed by atoms with Gasteiger partial charge in [0.2, 0.25) is 10.1 Å². The molecular weight excluding hydrogens is 1310 g/mol. The Morgan fingerprint density at radius 3 is 1.14 bits per heavy atom. The maximum absolute atomic E-state index is 13.3. The molecule has 33 heteroatoms. The lowest BCUT2D eigenvalue weighted by atomic mass is 9.66. The highest BCUT2D eigenvalue weighted by Crippen LogP contribution is 2.49. The largest absolute Gasteiger partial charge is 0.299 e. The molecule has 3 aliphatic carbocycles. The lowest BCUT2D eigenvalue weighted by Gasteiger charge is -2.44. The second-order valence-corrected chi connectivity index (χ2v) is 30.3. The first-order valence-electron chi connectivity index (χ1n) is 30.4. The molecule has 498 valence electrons. The smallest absolute Gasteiger partial charge is 0.264 e. The number of benzene rings is 3. The molecule has 3 fully saturated rings. The molecule has 0 unspecified atom stereocenters. The topological polar surface area (TPSA) is 309 Å². The van der Waals surface area contributed by atoms with Gasteiger partial charge in [0.1, 0.15) is 34.8 Å². The van der Waals surface area contributed by atoms with Crippen molar-refractivity contribution in [3.05, 3.63) is 178 Å². The molecule has 3 saturated heterocycles. The van der Waals surface area contributed by atoms with E-state index in [1.807, 2.05) is 18.2 Å². The molecule has 15 rings (SSSR count). The Bertz CT molecular complexity index is 4860. The van der Waals surface area contributed by atoms with Crippen LogP contribution in [-0.4, -0.2) is 169 Å². The molecular formula is C63H63F3N18O9S3. The molecule has 9 heterocycles. The first kappa shape index (κ1) is 65.1. The van der Waals surface area contributed by atoms with Gasteiger partial charge in [-0.3, -0.25) is 19.1 Å². The first-order chi connectivity index (χ1) is 45.6.